The number of hydrogen-bond donors (Lipinski definition) is 2. The lowest BCUT2D eigenvalue weighted by atomic mass is 10.0. The molecule has 0 fully saturated rings. The molecule has 0 bridgehead atoms. The average Bonchev–Trinajstić information content (AvgIpc) is 2.75. The first kappa shape index (κ1) is 14.7. The van der Waals surface area contributed by atoms with Gasteiger partial charge in [-0.3, -0.25) is 0 Å². The second-order valence-electron chi connectivity index (χ2n) is 5.07. The normalized spacial score (nSPS) is 14.2. The maximum Gasteiger partial charge on any atom is 0.136 e. The van der Waals surface area contributed by atoms with E-state index in [-0.39, 0.29) is 13.1 Å². The van der Waals surface area contributed by atoms with Crippen molar-refractivity contribution in [3.8, 4) is 0 Å². The van der Waals surface area contributed by atoms with Crippen molar-refractivity contribution in [1.29, 1.82) is 0 Å². The second kappa shape index (κ2) is 5.73. The number of benzene rings is 1. The smallest absolute Gasteiger partial charge is 0.136 e. The van der Waals surface area contributed by atoms with Gasteiger partial charge in [-0.2, -0.15) is 0 Å². The first-order chi connectivity index (χ1) is 9.37. The van der Waals surface area contributed by atoms with Crippen LogP contribution in [-0.4, -0.2) is 11.7 Å². The Bertz CT molecular complexity index is 573. The Kier molecular flexibility index (Phi) is 4.20. The van der Waals surface area contributed by atoms with Gasteiger partial charge in [0.15, 0.2) is 0 Å². The third kappa shape index (κ3) is 3.65. The molecular weight excluding hydrogens is 264 g/mol. The fraction of sp³-hybridized carbons (Fsp3) is 0.333. The zero-order valence-electron chi connectivity index (χ0n) is 11.4. The minimum Gasteiger partial charge on any atom is -0.463 e. The molecule has 1 atom stereocenters. The average molecular weight is 281 g/mol. The number of aryl methyl sites for hydroxylation is 1. The van der Waals surface area contributed by atoms with Gasteiger partial charge in [-0.1, -0.05) is 0 Å². The van der Waals surface area contributed by atoms with Gasteiger partial charge >= 0.3 is 0 Å². The van der Waals surface area contributed by atoms with Gasteiger partial charge in [0.25, 0.3) is 0 Å². The van der Waals surface area contributed by atoms with Crippen LogP contribution in [0.5, 0.6) is 0 Å². The number of halogens is 2. The lowest BCUT2D eigenvalue weighted by molar-refractivity contribution is 0.0332. The predicted octanol–water partition coefficient (Wildman–Crippen LogP) is 2.86. The minimum atomic E-state index is -1.18. The van der Waals surface area contributed by atoms with E-state index in [9.17, 15) is 13.9 Å². The number of aliphatic hydroxyl groups is 1. The number of furan rings is 1. The van der Waals surface area contributed by atoms with Crippen LogP contribution < -0.4 is 5.32 Å². The van der Waals surface area contributed by atoms with Gasteiger partial charge in [0.05, 0.1) is 0 Å². The van der Waals surface area contributed by atoms with Crippen molar-refractivity contribution in [3.05, 3.63) is 59.1 Å². The van der Waals surface area contributed by atoms with Crippen LogP contribution in [0.25, 0.3) is 0 Å². The molecule has 5 heteroatoms. The van der Waals surface area contributed by atoms with Gasteiger partial charge in [-0.15, -0.1) is 0 Å². The van der Waals surface area contributed by atoms with E-state index in [1.54, 1.807) is 26.0 Å². The Morgan fingerprint density at radius 3 is 2.40 bits per heavy atom. The molecule has 0 saturated heterocycles. The quantitative estimate of drug-likeness (QED) is 0.886. The molecule has 0 amide bonds. The molecule has 2 N–H and O–H groups in total. The third-order valence-corrected chi connectivity index (χ3v) is 2.99. The highest BCUT2D eigenvalue weighted by atomic mass is 19.1. The van der Waals surface area contributed by atoms with Crippen molar-refractivity contribution in [2.24, 2.45) is 0 Å². The molecule has 0 spiro atoms. The molecule has 1 aromatic heterocycles. The zero-order valence-corrected chi connectivity index (χ0v) is 11.4. The largest absolute Gasteiger partial charge is 0.463 e. The molecule has 2 aromatic rings. The van der Waals surface area contributed by atoms with Gasteiger partial charge in [-0.25, -0.2) is 8.78 Å². The fourth-order valence-corrected chi connectivity index (χ4v) is 1.97. The molecule has 108 valence electrons. The summed E-state index contributed by atoms with van der Waals surface area (Å²) < 4.78 is 31.4. The third-order valence-electron chi connectivity index (χ3n) is 2.99. The first-order valence-corrected chi connectivity index (χ1v) is 6.32. The van der Waals surface area contributed by atoms with E-state index in [4.69, 9.17) is 4.42 Å². The summed E-state index contributed by atoms with van der Waals surface area (Å²) in [6.45, 7) is 3.87. The van der Waals surface area contributed by atoms with Crippen molar-refractivity contribution < 1.29 is 18.3 Å². The van der Waals surface area contributed by atoms with E-state index in [0.717, 1.165) is 6.07 Å². The number of hydrogen-bond acceptors (Lipinski definition) is 3. The van der Waals surface area contributed by atoms with E-state index in [2.05, 4.69) is 5.32 Å². The molecule has 0 aliphatic rings. The maximum absolute atomic E-state index is 13.0. The molecule has 0 saturated carbocycles. The van der Waals surface area contributed by atoms with Crippen LogP contribution >= 0.6 is 0 Å². The van der Waals surface area contributed by atoms with E-state index >= 15 is 0 Å². The van der Waals surface area contributed by atoms with Crippen molar-refractivity contribution in [2.75, 3.05) is 6.54 Å². The lowest BCUT2D eigenvalue weighted by Crippen LogP contribution is -2.34. The number of rotatable bonds is 5. The summed E-state index contributed by atoms with van der Waals surface area (Å²) >= 11 is 0. The van der Waals surface area contributed by atoms with Crippen molar-refractivity contribution in [2.45, 2.75) is 26.0 Å². The Morgan fingerprint density at radius 1 is 1.20 bits per heavy atom. The standard InChI is InChI=1S/C15H17F2NO2/c1-10-3-4-14(20-10)15(2,19)9-18-8-11-5-12(16)7-13(17)6-11/h3-7,18-19H,8-9H2,1-2H3. The summed E-state index contributed by atoms with van der Waals surface area (Å²) in [4.78, 5) is 0. The lowest BCUT2D eigenvalue weighted by Gasteiger charge is -2.21. The van der Waals surface area contributed by atoms with Gasteiger partial charge in [0.1, 0.15) is 28.8 Å². The van der Waals surface area contributed by atoms with Gasteiger partial charge in [0.2, 0.25) is 0 Å². The van der Waals surface area contributed by atoms with Crippen LogP contribution in [0.2, 0.25) is 0 Å². The molecule has 1 aromatic carbocycles. The Morgan fingerprint density at radius 2 is 1.85 bits per heavy atom. The molecule has 3 nitrogen and oxygen atoms in total. The van der Waals surface area contributed by atoms with Crippen LogP contribution in [0.4, 0.5) is 8.78 Å². The molecule has 1 heterocycles. The minimum absolute atomic E-state index is 0.206. The van der Waals surface area contributed by atoms with Crippen molar-refractivity contribution >= 4 is 0 Å². The molecular formula is C15H17F2NO2. The van der Waals surface area contributed by atoms with Crippen LogP contribution in [-0.2, 0) is 12.1 Å². The van der Waals surface area contributed by atoms with Crippen LogP contribution in [0.15, 0.2) is 34.7 Å². The summed E-state index contributed by atoms with van der Waals surface area (Å²) in [6, 6.07) is 6.81. The van der Waals surface area contributed by atoms with Gasteiger partial charge < -0.3 is 14.8 Å². The zero-order chi connectivity index (χ0) is 14.8. The molecule has 20 heavy (non-hydrogen) atoms. The Hall–Kier alpha value is -1.72. The highest BCUT2D eigenvalue weighted by Gasteiger charge is 2.26. The monoisotopic (exact) mass is 281 g/mol. The second-order valence-corrected chi connectivity index (χ2v) is 5.07. The van der Waals surface area contributed by atoms with Crippen LogP contribution in [0, 0.1) is 18.6 Å². The summed E-state index contributed by atoms with van der Waals surface area (Å²) in [7, 11) is 0. The van der Waals surface area contributed by atoms with Crippen LogP contribution in [0.3, 0.4) is 0 Å². The Labute approximate surface area is 116 Å². The highest BCUT2D eigenvalue weighted by molar-refractivity contribution is 5.18. The number of nitrogens with one attached hydrogen (secondary N) is 1. The predicted molar refractivity (Wildman–Crippen MR) is 71.1 cm³/mol. The highest BCUT2D eigenvalue weighted by Crippen LogP contribution is 2.22. The van der Waals surface area contributed by atoms with E-state index in [1.165, 1.54) is 12.1 Å². The molecule has 0 aliphatic heterocycles. The van der Waals surface area contributed by atoms with E-state index in [1.807, 2.05) is 0 Å². The SMILES string of the molecule is Cc1ccc(C(C)(O)CNCc2cc(F)cc(F)c2)o1. The summed E-state index contributed by atoms with van der Waals surface area (Å²) in [5.74, 6) is -0.0640. The van der Waals surface area contributed by atoms with E-state index in [0.29, 0.717) is 17.1 Å². The van der Waals surface area contributed by atoms with Crippen molar-refractivity contribution in [1.82, 2.24) is 5.32 Å². The van der Waals surface area contributed by atoms with Gasteiger partial charge in [0, 0.05) is 19.2 Å². The summed E-state index contributed by atoms with van der Waals surface area (Å²) in [6.07, 6.45) is 0. The fourth-order valence-electron chi connectivity index (χ4n) is 1.97. The van der Waals surface area contributed by atoms with E-state index < -0.39 is 17.2 Å². The molecule has 0 radical (unpaired) electrons. The molecule has 2 rings (SSSR count). The summed E-state index contributed by atoms with van der Waals surface area (Å²) in [5.41, 5.74) is -0.700. The maximum atomic E-state index is 13.0. The molecule has 0 aliphatic carbocycles. The first-order valence-electron chi connectivity index (χ1n) is 6.32. The summed E-state index contributed by atoms with van der Waals surface area (Å²) in [5, 5.41) is 13.2. The van der Waals surface area contributed by atoms with Gasteiger partial charge in [-0.05, 0) is 43.7 Å². The van der Waals surface area contributed by atoms with Crippen molar-refractivity contribution in [3.63, 3.8) is 0 Å². The topological polar surface area (TPSA) is 45.4 Å². The van der Waals surface area contributed by atoms with Crippen LogP contribution in [0.1, 0.15) is 24.0 Å². The molecule has 1 unspecified atom stereocenters. The Balaban J connectivity index is 1.95.